The van der Waals surface area contributed by atoms with Crippen molar-refractivity contribution in [3.8, 4) is 22.3 Å². The molecular formula is C34H8B14. The van der Waals surface area contributed by atoms with Crippen molar-refractivity contribution in [1.29, 1.82) is 0 Å². The third-order valence-corrected chi connectivity index (χ3v) is 9.29. The van der Waals surface area contributed by atoms with Crippen molar-refractivity contribution in [2.45, 2.75) is 0 Å². The zero-order chi connectivity index (χ0) is 34.7. The molecule has 7 rings (SSSR count). The third kappa shape index (κ3) is 4.72. The molecule has 186 valence electrons. The van der Waals surface area contributed by atoms with E-state index < -0.39 is 0 Å². The lowest BCUT2D eigenvalue weighted by Crippen LogP contribution is -2.49. The zero-order valence-electron chi connectivity index (χ0n) is 25.7. The van der Waals surface area contributed by atoms with E-state index in [1.807, 2.05) is 6.07 Å². The van der Waals surface area contributed by atoms with Crippen molar-refractivity contribution in [2.24, 2.45) is 0 Å². The van der Waals surface area contributed by atoms with Crippen LogP contribution in [0.25, 0.3) is 65.3 Å². The van der Waals surface area contributed by atoms with Crippen LogP contribution in [0.4, 0.5) is 0 Å². The Morgan fingerprint density at radius 1 is 0.250 bits per heavy atom. The highest BCUT2D eigenvalue weighted by Crippen LogP contribution is 2.44. The first kappa shape index (κ1) is 33.0. The molecule has 48 heavy (non-hydrogen) atoms. The Bertz CT molecular complexity index is 2540. The van der Waals surface area contributed by atoms with E-state index in [9.17, 15) is 0 Å². The van der Waals surface area contributed by atoms with Gasteiger partial charge in [0.05, 0.1) is 0 Å². The molecule has 0 atom stereocenters. The molecule has 0 bridgehead atoms. The van der Waals surface area contributed by atoms with Gasteiger partial charge < -0.3 is 0 Å². The number of hydrogen-bond donors (Lipinski definition) is 0. The predicted molar refractivity (Wildman–Crippen MR) is 223 cm³/mol. The Hall–Kier alpha value is -3.51. The summed E-state index contributed by atoms with van der Waals surface area (Å²) in [5.41, 5.74) is 6.38. The molecule has 0 aliphatic heterocycles. The molecule has 0 heterocycles. The minimum Gasteiger partial charge on any atom is -0.110 e. The Kier molecular flexibility index (Phi) is 7.93. The van der Waals surface area contributed by atoms with E-state index in [-0.39, 0.29) is 49.2 Å². The number of hydrogen-bond acceptors (Lipinski definition) is 0. The SMILES string of the molecule is [B]c1cc2c(-c3cc([B])c4c([B])c([B])c([B])c([B])c4c3)c3cc([B])c([B])cc3c(-c3cc([B])c([B])c4c([B])c([B])c([B])cc34)c2cc1[B]. The van der Waals surface area contributed by atoms with Crippen LogP contribution in [0.5, 0.6) is 0 Å². The van der Waals surface area contributed by atoms with E-state index in [0.29, 0.717) is 92.7 Å². The Balaban J connectivity index is 1.75. The van der Waals surface area contributed by atoms with Crippen LogP contribution in [-0.4, -0.2) is 110 Å². The summed E-state index contributed by atoms with van der Waals surface area (Å²) in [7, 11) is 89.9. The minimum absolute atomic E-state index is 0.155. The van der Waals surface area contributed by atoms with Gasteiger partial charge in [-0.2, -0.15) is 0 Å². The smallest absolute Gasteiger partial charge is 0.110 e. The first-order valence-electron chi connectivity index (χ1n) is 14.7. The fourth-order valence-electron chi connectivity index (χ4n) is 6.78. The van der Waals surface area contributed by atoms with Crippen molar-refractivity contribution >= 4 is 229 Å². The van der Waals surface area contributed by atoms with Crippen molar-refractivity contribution in [2.75, 3.05) is 0 Å². The van der Waals surface area contributed by atoms with Crippen LogP contribution in [0, 0.1) is 0 Å². The van der Waals surface area contributed by atoms with Crippen LogP contribution in [0.2, 0.25) is 0 Å². The van der Waals surface area contributed by atoms with E-state index in [4.69, 9.17) is 110 Å². The second-order valence-corrected chi connectivity index (χ2v) is 12.1. The fraction of sp³-hybridized carbons (Fsp3) is 0. The van der Waals surface area contributed by atoms with Crippen LogP contribution in [0.1, 0.15) is 0 Å². The van der Waals surface area contributed by atoms with Crippen LogP contribution in [-0.2, 0) is 0 Å². The zero-order valence-corrected chi connectivity index (χ0v) is 25.7. The molecule has 0 nitrogen and oxygen atoms in total. The van der Waals surface area contributed by atoms with Crippen molar-refractivity contribution in [3.05, 3.63) is 48.5 Å². The molecule has 0 spiro atoms. The highest BCUT2D eigenvalue weighted by Gasteiger charge is 2.22. The molecule has 0 unspecified atom stereocenters. The summed E-state index contributed by atoms with van der Waals surface area (Å²) in [6.45, 7) is 0. The summed E-state index contributed by atoms with van der Waals surface area (Å²) in [6.07, 6.45) is 0. The number of fused-ring (bicyclic) bond motifs is 4. The summed E-state index contributed by atoms with van der Waals surface area (Å²) in [6, 6.07) is 14.2. The average Bonchev–Trinajstić information content (AvgIpc) is 3.03. The second kappa shape index (κ2) is 11.5. The topological polar surface area (TPSA) is 0 Å². The van der Waals surface area contributed by atoms with Crippen LogP contribution in [0.15, 0.2) is 48.5 Å². The summed E-state index contributed by atoms with van der Waals surface area (Å²) < 4.78 is 0. The monoisotopic (exact) mass is 570 g/mol. The molecule has 7 aromatic carbocycles. The standard InChI is InChI=1S/C34H8B14/c35-17-3-10-12(5-19(17)37)25(14-7-22(40)29(43)27-15(14)8-23(41)30(44)32(27)46)13-6-20(38)18(36)4-11(13)24(10)9-1-16-26(21(39)2-9)31(45)34(48)33(47)28(16)42/h1-8H. The van der Waals surface area contributed by atoms with Gasteiger partial charge in [0.25, 0.3) is 0 Å². The van der Waals surface area contributed by atoms with Gasteiger partial charge >= 0.3 is 0 Å². The van der Waals surface area contributed by atoms with Gasteiger partial charge in [-0.15, -0.1) is 49.2 Å². The molecule has 0 aromatic heterocycles. The lowest BCUT2D eigenvalue weighted by molar-refractivity contribution is 1.76. The highest BCUT2D eigenvalue weighted by molar-refractivity contribution is 6.68. The first-order valence-corrected chi connectivity index (χ1v) is 14.7. The summed E-state index contributed by atoms with van der Waals surface area (Å²) in [4.78, 5) is 0. The quantitative estimate of drug-likeness (QED) is 0.144. The molecule has 0 fully saturated rings. The molecule has 0 aliphatic carbocycles. The molecule has 0 saturated heterocycles. The van der Waals surface area contributed by atoms with E-state index in [1.165, 1.54) is 0 Å². The van der Waals surface area contributed by atoms with Gasteiger partial charge in [0.1, 0.15) is 110 Å². The van der Waals surface area contributed by atoms with Crippen LogP contribution in [0.3, 0.4) is 0 Å². The number of benzene rings is 7. The fourth-order valence-corrected chi connectivity index (χ4v) is 6.78. The van der Waals surface area contributed by atoms with Gasteiger partial charge in [-0.05, 0) is 71.4 Å². The molecule has 28 radical (unpaired) electrons. The molecule has 0 amide bonds. The maximum atomic E-state index is 6.65. The second-order valence-electron chi connectivity index (χ2n) is 12.1. The molecule has 7 aromatic rings. The third-order valence-electron chi connectivity index (χ3n) is 9.29. The Morgan fingerprint density at radius 3 is 1.23 bits per heavy atom. The number of rotatable bonds is 2. The molecule has 0 saturated carbocycles. The van der Waals surface area contributed by atoms with Crippen molar-refractivity contribution in [3.63, 3.8) is 0 Å². The minimum atomic E-state index is 0.155. The summed E-state index contributed by atoms with van der Waals surface area (Å²) >= 11 is 0. The predicted octanol–water partition coefficient (Wildman–Crippen LogP) is -7.25. The van der Waals surface area contributed by atoms with Crippen molar-refractivity contribution in [1.82, 2.24) is 0 Å². The Labute approximate surface area is 298 Å². The maximum absolute atomic E-state index is 6.65. The van der Waals surface area contributed by atoms with Crippen LogP contribution < -0.4 is 76.5 Å². The van der Waals surface area contributed by atoms with Gasteiger partial charge in [0.15, 0.2) is 0 Å². The molecule has 0 N–H and O–H groups in total. The summed E-state index contributed by atoms with van der Waals surface area (Å²) in [5, 5.41) is 4.85. The van der Waals surface area contributed by atoms with Gasteiger partial charge in [0, 0.05) is 0 Å². The van der Waals surface area contributed by atoms with Crippen LogP contribution >= 0.6 is 0 Å². The van der Waals surface area contributed by atoms with E-state index in [2.05, 4.69) is 0 Å². The largest absolute Gasteiger partial charge is 0.114 e. The van der Waals surface area contributed by atoms with E-state index in [1.54, 1.807) is 42.5 Å². The lowest BCUT2D eigenvalue weighted by Gasteiger charge is -2.25. The molecule has 14 heteroatoms. The lowest BCUT2D eigenvalue weighted by atomic mass is 9.63. The van der Waals surface area contributed by atoms with Crippen molar-refractivity contribution < 1.29 is 0 Å². The maximum Gasteiger partial charge on any atom is 0.114 e. The van der Waals surface area contributed by atoms with E-state index >= 15 is 0 Å². The molecule has 0 aliphatic rings. The normalized spacial score (nSPS) is 11.7. The van der Waals surface area contributed by atoms with Gasteiger partial charge in [-0.3, -0.25) is 0 Å². The highest BCUT2D eigenvalue weighted by atomic mass is 14.2. The van der Waals surface area contributed by atoms with Gasteiger partial charge in [0.2, 0.25) is 0 Å². The van der Waals surface area contributed by atoms with E-state index in [0.717, 1.165) is 0 Å². The Morgan fingerprint density at radius 2 is 0.688 bits per heavy atom. The van der Waals surface area contributed by atoms with Gasteiger partial charge in [-0.25, -0.2) is 0 Å². The first-order chi connectivity index (χ1) is 22.6. The summed E-state index contributed by atoms with van der Waals surface area (Å²) in [5.74, 6) is 0. The average molecular weight is 568 g/mol. The van der Waals surface area contributed by atoms with Gasteiger partial charge in [-0.1, -0.05) is 69.8 Å². The molecular weight excluding hydrogens is 560 g/mol.